The highest BCUT2D eigenvalue weighted by molar-refractivity contribution is 5.86. The van der Waals surface area contributed by atoms with Crippen LogP contribution in [0.4, 0.5) is 8.78 Å². The fraction of sp³-hybridized carbons (Fsp3) is 0.615. The molecule has 0 radical (unpaired) electrons. The molecule has 1 N–H and O–H groups in total. The predicted octanol–water partition coefficient (Wildman–Crippen LogP) is 7.39. The van der Waals surface area contributed by atoms with Gasteiger partial charge in [0.05, 0.1) is 6.04 Å². The van der Waals surface area contributed by atoms with Gasteiger partial charge in [0.1, 0.15) is 11.5 Å². The van der Waals surface area contributed by atoms with Crippen LogP contribution in [0.15, 0.2) is 41.7 Å². The normalized spacial score (nSPS) is 25.1. The summed E-state index contributed by atoms with van der Waals surface area (Å²) in [5.41, 5.74) is 1.59. The zero-order valence-corrected chi connectivity index (χ0v) is 19.8. The first-order valence-electron chi connectivity index (χ1n) is 12.1. The molecule has 0 amide bonds. The van der Waals surface area contributed by atoms with E-state index in [2.05, 4.69) is 43.0 Å². The third-order valence-corrected chi connectivity index (χ3v) is 6.61. The number of allylic oxidation sites excluding steroid dienone is 4. The molecule has 1 atom stereocenters. The highest BCUT2D eigenvalue weighted by atomic mass is 19.3. The smallest absolute Gasteiger partial charge is 0.282 e. The average Bonchev–Trinajstić information content (AvgIpc) is 3.21. The van der Waals surface area contributed by atoms with Gasteiger partial charge in [-0.05, 0) is 64.2 Å². The third-order valence-electron chi connectivity index (χ3n) is 6.61. The van der Waals surface area contributed by atoms with Crippen LogP contribution in [0.2, 0.25) is 0 Å². The lowest BCUT2D eigenvalue weighted by Crippen LogP contribution is -2.34. The lowest BCUT2D eigenvalue weighted by Gasteiger charge is -2.26. The van der Waals surface area contributed by atoms with E-state index in [4.69, 9.17) is 4.99 Å². The topological polar surface area (TPSA) is 42.2 Å². The summed E-state index contributed by atoms with van der Waals surface area (Å²) < 4.78 is 29.6. The van der Waals surface area contributed by atoms with E-state index in [0.29, 0.717) is 22.8 Å². The van der Waals surface area contributed by atoms with Crippen molar-refractivity contribution in [3.05, 3.63) is 48.0 Å². The van der Waals surface area contributed by atoms with Crippen molar-refractivity contribution in [2.75, 3.05) is 0 Å². The first-order valence-corrected chi connectivity index (χ1v) is 12.1. The van der Waals surface area contributed by atoms with Crippen molar-refractivity contribution in [3.63, 3.8) is 0 Å². The average molecular weight is 445 g/mol. The molecule has 3 rings (SSSR count). The van der Waals surface area contributed by atoms with Crippen LogP contribution in [0.25, 0.3) is 5.57 Å². The van der Waals surface area contributed by atoms with Gasteiger partial charge in [-0.15, -0.1) is 0 Å². The second-order valence-corrected chi connectivity index (χ2v) is 9.24. The number of nitrogens with one attached hydrogen (secondary N) is 1. The summed E-state index contributed by atoms with van der Waals surface area (Å²) in [5, 5.41) is 7.87. The molecule has 0 bridgehead atoms. The number of halogens is 2. The monoisotopic (exact) mass is 444 g/mol. The maximum atomic E-state index is 13.9. The Morgan fingerprint density at radius 2 is 2.06 bits per heavy atom. The predicted molar refractivity (Wildman–Crippen MR) is 129 cm³/mol. The van der Waals surface area contributed by atoms with Crippen molar-refractivity contribution in [2.45, 2.75) is 97.1 Å². The minimum atomic E-state index is -2.64. The summed E-state index contributed by atoms with van der Waals surface area (Å²) in [6.07, 6.45) is 14.5. The highest BCUT2D eigenvalue weighted by Gasteiger charge is 2.26. The van der Waals surface area contributed by atoms with Gasteiger partial charge in [-0.25, -0.2) is 13.8 Å². The van der Waals surface area contributed by atoms with E-state index in [0.717, 1.165) is 63.6 Å². The molecular weight excluding hydrogens is 406 g/mol. The molecule has 2 aliphatic rings. The summed E-state index contributed by atoms with van der Waals surface area (Å²) in [6, 6.07) is 0.463. The Balaban J connectivity index is 1.93. The van der Waals surface area contributed by atoms with Crippen LogP contribution in [0.1, 0.15) is 102 Å². The minimum Gasteiger partial charge on any atom is -0.367 e. The number of aromatic nitrogens is 2. The van der Waals surface area contributed by atoms with Crippen molar-refractivity contribution in [1.82, 2.24) is 15.1 Å². The number of amidine groups is 1. The SMILES string of the molecule is C=C/C(=C(C)/N=C(\CCC)NC1C=CCCC1)c1cn(C2CCC(C)CC2)nc1C(F)F. The zero-order chi connectivity index (χ0) is 23.1. The maximum Gasteiger partial charge on any atom is 0.282 e. The summed E-state index contributed by atoms with van der Waals surface area (Å²) in [5.74, 6) is 1.59. The van der Waals surface area contributed by atoms with Crippen LogP contribution in [0.5, 0.6) is 0 Å². The number of hydrogen-bond acceptors (Lipinski definition) is 2. The van der Waals surface area contributed by atoms with E-state index in [9.17, 15) is 8.78 Å². The molecule has 0 aliphatic heterocycles. The Morgan fingerprint density at radius 1 is 1.31 bits per heavy atom. The Bertz CT molecular complexity index is 857. The summed E-state index contributed by atoms with van der Waals surface area (Å²) in [7, 11) is 0. The van der Waals surface area contributed by atoms with Crippen molar-refractivity contribution in [2.24, 2.45) is 10.9 Å². The standard InChI is InChI=1S/C26H38F2N4/c1-5-10-24(30-20-11-8-7-9-12-20)29-19(4)22(6-2)23-17-32(31-25(23)26(27)28)21-15-13-18(3)14-16-21/h6,8,11,17-18,20-21,26H,2,5,7,9-10,12-16H2,1,3-4H3,(H,29,30)/b22-19-. The third kappa shape index (κ3) is 6.17. The highest BCUT2D eigenvalue weighted by Crippen LogP contribution is 2.35. The summed E-state index contributed by atoms with van der Waals surface area (Å²) >= 11 is 0. The molecular formula is C26H38F2N4. The first-order chi connectivity index (χ1) is 15.4. The summed E-state index contributed by atoms with van der Waals surface area (Å²) in [6.45, 7) is 10.2. The molecule has 1 fully saturated rings. The van der Waals surface area contributed by atoms with E-state index in [1.165, 1.54) is 0 Å². The Morgan fingerprint density at radius 3 is 2.66 bits per heavy atom. The van der Waals surface area contributed by atoms with E-state index in [1.807, 2.05) is 6.92 Å². The lowest BCUT2D eigenvalue weighted by atomic mass is 9.87. The molecule has 0 saturated heterocycles. The van der Waals surface area contributed by atoms with E-state index in [1.54, 1.807) is 17.0 Å². The second kappa shape index (κ2) is 11.6. The van der Waals surface area contributed by atoms with Crippen LogP contribution < -0.4 is 5.32 Å². The minimum absolute atomic E-state index is 0.173. The van der Waals surface area contributed by atoms with Crippen LogP contribution in [-0.2, 0) is 0 Å². The van der Waals surface area contributed by atoms with Crippen molar-refractivity contribution < 1.29 is 8.78 Å². The largest absolute Gasteiger partial charge is 0.367 e. The van der Waals surface area contributed by atoms with Gasteiger partial charge in [0.25, 0.3) is 6.43 Å². The van der Waals surface area contributed by atoms with Crippen LogP contribution in [0, 0.1) is 5.92 Å². The number of aliphatic imine (C=N–C) groups is 1. The van der Waals surface area contributed by atoms with Gasteiger partial charge in [-0.3, -0.25) is 4.68 Å². The van der Waals surface area contributed by atoms with Gasteiger partial charge in [-0.1, -0.05) is 38.7 Å². The van der Waals surface area contributed by atoms with Crippen molar-refractivity contribution in [1.29, 1.82) is 0 Å². The molecule has 4 nitrogen and oxygen atoms in total. The quantitative estimate of drug-likeness (QED) is 0.197. The molecule has 6 heteroatoms. The number of alkyl halides is 2. The summed E-state index contributed by atoms with van der Waals surface area (Å²) in [4.78, 5) is 4.84. The second-order valence-electron chi connectivity index (χ2n) is 9.24. The Labute approximate surface area is 191 Å². The molecule has 1 heterocycles. The Hall–Kier alpha value is -2.24. The zero-order valence-electron chi connectivity index (χ0n) is 19.8. The molecule has 1 aromatic heterocycles. The van der Waals surface area contributed by atoms with Crippen LogP contribution in [0.3, 0.4) is 0 Å². The first kappa shape index (κ1) is 24.4. The van der Waals surface area contributed by atoms with E-state index < -0.39 is 6.43 Å². The van der Waals surface area contributed by atoms with Crippen molar-refractivity contribution >= 4 is 11.4 Å². The number of hydrogen-bond donors (Lipinski definition) is 1. The molecule has 0 spiro atoms. The van der Waals surface area contributed by atoms with Gasteiger partial charge in [0.15, 0.2) is 0 Å². The lowest BCUT2D eigenvalue weighted by molar-refractivity contribution is 0.143. The van der Waals surface area contributed by atoms with Gasteiger partial charge in [-0.2, -0.15) is 5.10 Å². The number of nitrogens with zero attached hydrogens (tertiary/aromatic N) is 3. The van der Waals surface area contributed by atoms with Gasteiger partial charge < -0.3 is 5.32 Å². The van der Waals surface area contributed by atoms with Crippen LogP contribution >= 0.6 is 0 Å². The molecule has 1 aromatic rings. The molecule has 32 heavy (non-hydrogen) atoms. The Kier molecular flexibility index (Phi) is 8.83. The van der Waals surface area contributed by atoms with E-state index >= 15 is 0 Å². The van der Waals surface area contributed by atoms with Gasteiger partial charge in [0, 0.05) is 35.5 Å². The molecule has 176 valence electrons. The number of rotatable bonds is 8. The molecule has 1 saturated carbocycles. The van der Waals surface area contributed by atoms with E-state index in [-0.39, 0.29) is 17.8 Å². The molecule has 0 aromatic carbocycles. The van der Waals surface area contributed by atoms with Gasteiger partial charge in [0.2, 0.25) is 0 Å². The van der Waals surface area contributed by atoms with Crippen LogP contribution in [-0.4, -0.2) is 21.7 Å². The van der Waals surface area contributed by atoms with Crippen molar-refractivity contribution in [3.8, 4) is 0 Å². The fourth-order valence-corrected chi connectivity index (χ4v) is 4.73. The molecule has 1 unspecified atom stereocenters. The fourth-order valence-electron chi connectivity index (χ4n) is 4.73. The maximum absolute atomic E-state index is 13.9. The molecule has 2 aliphatic carbocycles. The van der Waals surface area contributed by atoms with Gasteiger partial charge >= 0.3 is 0 Å².